The number of hydrogen-bond donors (Lipinski definition) is 0. The van der Waals surface area contributed by atoms with Crippen LogP contribution in [0.3, 0.4) is 0 Å². The highest BCUT2D eigenvalue weighted by atomic mass is 35.5. The maximum atomic E-state index is 13.1. The average molecular weight is 416 g/mol. The Morgan fingerprint density at radius 3 is 2.68 bits per heavy atom. The maximum Gasteiger partial charge on any atom is 0.206 e. The molecule has 4 nitrogen and oxygen atoms in total. The SMILES string of the molecule is Fc1ccc(/C=N/n2c(-c3ccc(Cl)cc3)csc2=NCC2CCCO2)cc1. The fraction of sp³-hybridized carbons (Fsp3) is 0.238. The fourth-order valence-electron chi connectivity index (χ4n) is 2.98. The third kappa shape index (κ3) is 4.58. The second-order valence-corrected chi connectivity index (χ2v) is 7.77. The molecule has 0 N–H and O–H groups in total. The third-order valence-electron chi connectivity index (χ3n) is 4.47. The topological polar surface area (TPSA) is 38.9 Å². The van der Waals surface area contributed by atoms with Crippen LogP contribution in [0.15, 0.2) is 64.0 Å². The summed E-state index contributed by atoms with van der Waals surface area (Å²) in [7, 11) is 0. The number of thiazole rings is 1. The van der Waals surface area contributed by atoms with Gasteiger partial charge >= 0.3 is 0 Å². The lowest BCUT2D eigenvalue weighted by Gasteiger charge is -2.06. The van der Waals surface area contributed by atoms with Crippen LogP contribution in [0.5, 0.6) is 0 Å². The van der Waals surface area contributed by atoms with Crippen molar-refractivity contribution >= 4 is 29.2 Å². The first-order valence-electron chi connectivity index (χ1n) is 9.07. The Morgan fingerprint density at radius 2 is 1.96 bits per heavy atom. The second kappa shape index (κ2) is 8.82. The van der Waals surface area contributed by atoms with Crippen LogP contribution in [-0.2, 0) is 4.74 Å². The Balaban J connectivity index is 1.70. The number of benzene rings is 2. The molecule has 1 saturated heterocycles. The highest BCUT2D eigenvalue weighted by molar-refractivity contribution is 7.07. The molecule has 1 aliphatic heterocycles. The summed E-state index contributed by atoms with van der Waals surface area (Å²) in [5, 5.41) is 7.33. The van der Waals surface area contributed by atoms with Gasteiger partial charge in [0.2, 0.25) is 4.80 Å². The van der Waals surface area contributed by atoms with E-state index in [0.29, 0.717) is 11.6 Å². The van der Waals surface area contributed by atoms with Gasteiger partial charge in [-0.25, -0.2) is 9.07 Å². The summed E-state index contributed by atoms with van der Waals surface area (Å²) >= 11 is 7.55. The molecule has 144 valence electrons. The van der Waals surface area contributed by atoms with Crippen LogP contribution in [0, 0.1) is 5.82 Å². The van der Waals surface area contributed by atoms with Gasteiger partial charge in [-0.15, -0.1) is 11.3 Å². The zero-order chi connectivity index (χ0) is 19.3. The minimum atomic E-state index is -0.269. The van der Waals surface area contributed by atoms with E-state index in [1.54, 1.807) is 18.3 Å². The normalized spacial score (nSPS) is 17.6. The zero-order valence-corrected chi connectivity index (χ0v) is 16.7. The first-order chi connectivity index (χ1) is 13.7. The maximum absolute atomic E-state index is 13.1. The van der Waals surface area contributed by atoms with Gasteiger partial charge in [0, 0.05) is 22.6 Å². The molecule has 1 aromatic heterocycles. The van der Waals surface area contributed by atoms with Crippen LogP contribution >= 0.6 is 22.9 Å². The van der Waals surface area contributed by atoms with Crippen molar-refractivity contribution in [3.8, 4) is 11.3 Å². The van der Waals surface area contributed by atoms with Gasteiger partial charge in [0.25, 0.3) is 0 Å². The van der Waals surface area contributed by atoms with Crippen LogP contribution in [0.25, 0.3) is 11.3 Å². The van der Waals surface area contributed by atoms with Crippen molar-refractivity contribution in [3.63, 3.8) is 0 Å². The first-order valence-corrected chi connectivity index (χ1v) is 10.3. The van der Waals surface area contributed by atoms with E-state index >= 15 is 0 Å². The van der Waals surface area contributed by atoms with Crippen LogP contribution in [0.2, 0.25) is 5.02 Å². The molecule has 0 spiro atoms. The minimum Gasteiger partial charge on any atom is -0.376 e. The number of ether oxygens (including phenoxy) is 1. The van der Waals surface area contributed by atoms with Gasteiger partial charge in [-0.05, 0) is 42.7 Å². The monoisotopic (exact) mass is 415 g/mol. The molecule has 7 heteroatoms. The van der Waals surface area contributed by atoms with Gasteiger partial charge in [0.05, 0.1) is 24.6 Å². The van der Waals surface area contributed by atoms with Gasteiger partial charge in [0.15, 0.2) is 0 Å². The molecule has 1 atom stereocenters. The van der Waals surface area contributed by atoms with E-state index in [2.05, 4.69) is 5.10 Å². The smallest absolute Gasteiger partial charge is 0.206 e. The summed E-state index contributed by atoms with van der Waals surface area (Å²) in [5.41, 5.74) is 2.73. The molecule has 4 rings (SSSR count). The summed E-state index contributed by atoms with van der Waals surface area (Å²) < 4.78 is 20.6. The van der Waals surface area contributed by atoms with E-state index in [1.807, 2.05) is 34.3 Å². The van der Waals surface area contributed by atoms with E-state index in [9.17, 15) is 4.39 Å². The Hall–Kier alpha value is -2.28. The Kier molecular flexibility index (Phi) is 6.00. The van der Waals surface area contributed by atoms with Crippen LogP contribution in [0.4, 0.5) is 4.39 Å². The fourth-order valence-corrected chi connectivity index (χ4v) is 3.95. The average Bonchev–Trinajstić information content (AvgIpc) is 3.36. The van der Waals surface area contributed by atoms with Gasteiger partial charge in [0.1, 0.15) is 5.82 Å². The summed E-state index contributed by atoms with van der Waals surface area (Å²) in [5.74, 6) is -0.269. The molecule has 0 bridgehead atoms. The molecule has 1 aliphatic rings. The van der Waals surface area contributed by atoms with Crippen molar-refractivity contribution in [2.45, 2.75) is 18.9 Å². The number of halogens is 2. The lowest BCUT2D eigenvalue weighted by molar-refractivity contribution is 0.117. The molecule has 0 radical (unpaired) electrons. The number of nitrogens with zero attached hydrogens (tertiary/aromatic N) is 3. The zero-order valence-electron chi connectivity index (χ0n) is 15.1. The molecule has 3 aromatic rings. The Bertz CT molecular complexity index is 1020. The van der Waals surface area contributed by atoms with Crippen LogP contribution in [0.1, 0.15) is 18.4 Å². The van der Waals surface area contributed by atoms with E-state index in [1.165, 1.54) is 23.5 Å². The standard InChI is InChI=1S/C21H19ClFN3OS/c22-17-7-5-16(6-8-17)20-14-28-21(24-13-19-2-1-11-27-19)26(20)25-12-15-3-9-18(23)10-4-15/h3-10,12,14,19H,1-2,11,13H2/b24-21?,25-12+. The molecular formula is C21H19ClFN3OS. The first kappa shape index (κ1) is 19.1. The van der Waals surface area contributed by atoms with Gasteiger partial charge in [-0.1, -0.05) is 35.9 Å². The molecule has 0 saturated carbocycles. The minimum absolute atomic E-state index is 0.176. The number of aromatic nitrogens is 1. The van der Waals surface area contributed by atoms with E-state index in [4.69, 9.17) is 21.3 Å². The molecule has 0 amide bonds. The van der Waals surface area contributed by atoms with E-state index < -0.39 is 0 Å². The molecule has 28 heavy (non-hydrogen) atoms. The predicted molar refractivity (Wildman–Crippen MR) is 112 cm³/mol. The molecule has 2 heterocycles. The van der Waals surface area contributed by atoms with Crippen LogP contribution < -0.4 is 4.80 Å². The Morgan fingerprint density at radius 1 is 1.18 bits per heavy atom. The molecule has 1 fully saturated rings. The number of hydrogen-bond acceptors (Lipinski definition) is 4. The quantitative estimate of drug-likeness (QED) is 0.542. The van der Waals surface area contributed by atoms with Crippen molar-refractivity contribution < 1.29 is 9.13 Å². The molecule has 1 unspecified atom stereocenters. The van der Waals surface area contributed by atoms with Crippen molar-refractivity contribution in [2.75, 3.05) is 13.2 Å². The van der Waals surface area contributed by atoms with Crippen molar-refractivity contribution in [2.24, 2.45) is 10.1 Å². The lowest BCUT2D eigenvalue weighted by Crippen LogP contribution is -2.17. The van der Waals surface area contributed by atoms with Gasteiger partial charge in [-0.3, -0.25) is 4.99 Å². The Labute approximate surface area is 171 Å². The van der Waals surface area contributed by atoms with Gasteiger partial charge in [-0.2, -0.15) is 5.10 Å². The van der Waals surface area contributed by atoms with Crippen molar-refractivity contribution in [1.29, 1.82) is 0 Å². The largest absolute Gasteiger partial charge is 0.376 e. The summed E-state index contributed by atoms with van der Waals surface area (Å²) in [4.78, 5) is 5.53. The van der Waals surface area contributed by atoms with Crippen molar-refractivity contribution in [3.05, 3.63) is 75.1 Å². The highest BCUT2D eigenvalue weighted by Gasteiger charge is 2.15. The predicted octanol–water partition coefficient (Wildman–Crippen LogP) is 4.97. The summed E-state index contributed by atoms with van der Waals surface area (Å²) in [6, 6.07) is 13.8. The van der Waals surface area contributed by atoms with Gasteiger partial charge < -0.3 is 4.74 Å². The molecule has 0 aliphatic carbocycles. The third-order valence-corrected chi connectivity index (χ3v) is 5.58. The van der Waals surface area contributed by atoms with Crippen molar-refractivity contribution in [1.82, 2.24) is 4.68 Å². The highest BCUT2D eigenvalue weighted by Crippen LogP contribution is 2.22. The molecular weight excluding hydrogens is 397 g/mol. The van der Waals surface area contributed by atoms with E-state index in [0.717, 1.165) is 41.1 Å². The number of rotatable bonds is 5. The lowest BCUT2D eigenvalue weighted by atomic mass is 10.2. The van der Waals surface area contributed by atoms with E-state index in [-0.39, 0.29) is 11.9 Å². The second-order valence-electron chi connectivity index (χ2n) is 6.49. The molecule has 2 aromatic carbocycles. The summed E-state index contributed by atoms with van der Waals surface area (Å²) in [6.07, 6.45) is 4.01. The summed E-state index contributed by atoms with van der Waals surface area (Å²) in [6.45, 7) is 1.43. The van der Waals surface area contributed by atoms with Crippen LogP contribution in [-0.4, -0.2) is 30.1 Å².